The van der Waals surface area contributed by atoms with Gasteiger partial charge in [-0.15, -0.1) is 0 Å². The van der Waals surface area contributed by atoms with Gasteiger partial charge in [0.2, 0.25) is 0 Å². The molecule has 1 unspecified atom stereocenters. The number of nitrogens with zero attached hydrogens (tertiary/aromatic N) is 4. The number of para-hydroxylation sites is 2. The Balaban J connectivity index is 1.39. The molecule has 3 aromatic rings. The molecule has 0 bridgehead atoms. The van der Waals surface area contributed by atoms with Crippen LogP contribution in [-0.4, -0.2) is 44.9 Å². The molecule has 5 heteroatoms. The van der Waals surface area contributed by atoms with Crippen LogP contribution in [0.5, 0.6) is 0 Å². The van der Waals surface area contributed by atoms with Crippen molar-refractivity contribution in [2.75, 3.05) is 19.6 Å². The van der Waals surface area contributed by atoms with Crippen LogP contribution in [0, 0.1) is 17.3 Å². The normalized spacial score (nSPS) is 20.3. The number of amides is 1. The molecular formula is C35H50N4O. The number of carbonyl (C=O) groups excluding carboxylic acids is 1. The van der Waals surface area contributed by atoms with Crippen molar-refractivity contribution in [2.45, 2.75) is 98.7 Å². The zero-order valence-electron chi connectivity index (χ0n) is 25.5. The van der Waals surface area contributed by atoms with Crippen LogP contribution in [0.3, 0.4) is 0 Å². The summed E-state index contributed by atoms with van der Waals surface area (Å²) >= 11 is 0. The Morgan fingerprint density at radius 3 is 2.62 bits per heavy atom. The number of hydrogen-bond donors (Lipinski definition) is 0. The Hall–Kier alpha value is -2.66. The van der Waals surface area contributed by atoms with Gasteiger partial charge in [0.15, 0.2) is 0 Å². The lowest BCUT2D eigenvalue weighted by Gasteiger charge is -2.30. The first kappa shape index (κ1) is 28.9. The summed E-state index contributed by atoms with van der Waals surface area (Å²) in [4.78, 5) is 23.9. The summed E-state index contributed by atoms with van der Waals surface area (Å²) in [5.41, 5.74) is 4.60. The molecule has 216 valence electrons. The second kappa shape index (κ2) is 12.5. The molecule has 5 rings (SSSR count). The minimum Gasteiger partial charge on any atom is -0.331 e. The molecule has 1 atom stereocenters. The molecule has 40 heavy (non-hydrogen) atoms. The lowest BCUT2D eigenvalue weighted by atomic mass is 9.83. The van der Waals surface area contributed by atoms with Crippen LogP contribution < -0.4 is 0 Å². The van der Waals surface area contributed by atoms with E-state index in [1.165, 1.54) is 49.6 Å². The molecule has 0 spiro atoms. The van der Waals surface area contributed by atoms with E-state index in [9.17, 15) is 4.79 Å². The van der Waals surface area contributed by atoms with Crippen LogP contribution in [0.4, 0.5) is 0 Å². The molecule has 2 aromatic carbocycles. The molecular weight excluding hydrogens is 492 g/mol. The van der Waals surface area contributed by atoms with Gasteiger partial charge in [-0.25, -0.2) is 4.98 Å². The lowest BCUT2D eigenvalue weighted by Crippen LogP contribution is -2.34. The molecule has 2 fully saturated rings. The first-order chi connectivity index (χ1) is 19.2. The lowest BCUT2D eigenvalue weighted by molar-refractivity contribution is 0.0728. The number of carbonyl (C=O) groups is 1. The molecule has 1 saturated heterocycles. The van der Waals surface area contributed by atoms with Crippen molar-refractivity contribution >= 4 is 16.9 Å². The molecule has 1 aliphatic carbocycles. The van der Waals surface area contributed by atoms with Crippen molar-refractivity contribution in [1.82, 2.24) is 19.4 Å². The van der Waals surface area contributed by atoms with Gasteiger partial charge in [0, 0.05) is 31.2 Å². The van der Waals surface area contributed by atoms with E-state index in [1.54, 1.807) is 0 Å². The fourth-order valence-corrected chi connectivity index (χ4v) is 7.19. The third kappa shape index (κ3) is 6.97. The van der Waals surface area contributed by atoms with Gasteiger partial charge in [-0.1, -0.05) is 71.7 Å². The first-order valence-electron chi connectivity index (χ1n) is 15.7. The zero-order valence-corrected chi connectivity index (χ0v) is 25.5. The van der Waals surface area contributed by atoms with E-state index in [0.717, 1.165) is 55.4 Å². The largest absolute Gasteiger partial charge is 0.331 e. The van der Waals surface area contributed by atoms with Crippen LogP contribution in [0.2, 0.25) is 0 Å². The second-order valence-corrected chi connectivity index (χ2v) is 13.9. The number of likely N-dealkylation sites (tertiary alicyclic amines) is 1. The minimum absolute atomic E-state index is 0.123. The van der Waals surface area contributed by atoms with E-state index in [0.29, 0.717) is 23.9 Å². The highest BCUT2D eigenvalue weighted by Crippen LogP contribution is 2.35. The maximum absolute atomic E-state index is 14.1. The highest BCUT2D eigenvalue weighted by Gasteiger charge is 2.29. The Kier molecular flexibility index (Phi) is 8.99. The molecule has 2 heterocycles. The fourth-order valence-electron chi connectivity index (χ4n) is 7.19. The van der Waals surface area contributed by atoms with E-state index in [4.69, 9.17) is 4.98 Å². The molecule has 0 radical (unpaired) electrons. The van der Waals surface area contributed by atoms with Gasteiger partial charge < -0.3 is 9.47 Å². The van der Waals surface area contributed by atoms with Crippen molar-refractivity contribution in [3.05, 3.63) is 65.5 Å². The van der Waals surface area contributed by atoms with E-state index in [2.05, 4.69) is 91.5 Å². The number of aromatic nitrogens is 2. The van der Waals surface area contributed by atoms with Crippen molar-refractivity contribution in [3.8, 4) is 0 Å². The predicted octanol–water partition coefficient (Wildman–Crippen LogP) is 8.10. The highest BCUT2D eigenvalue weighted by molar-refractivity contribution is 5.94. The Labute approximate surface area is 242 Å². The zero-order chi connectivity index (χ0) is 28.3. The van der Waals surface area contributed by atoms with Gasteiger partial charge in [-0.2, -0.15) is 0 Å². The van der Waals surface area contributed by atoms with Crippen LogP contribution in [0.15, 0.2) is 48.5 Å². The van der Waals surface area contributed by atoms with Gasteiger partial charge in [-0.3, -0.25) is 9.69 Å². The Morgan fingerprint density at radius 1 is 1.07 bits per heavy atom. The molecule has 2 aliphatic rings. The van der Waals surface area contributed by atoms with Crippen molar-refractivity contribution < 1.29 is 4.79 Å². The van der Waals surface area contributed by atoms with E-state index >= 15 is 0 Å². The highest BCUT2D eigenvalue weighted by atomic mass is 16.2. The third-order valence-electron chi connectivity index (χ3n) is 9.03. The van der Waals surface area contributed by atoms with Crippen molar-refractivity contribution in [3.63, 3.8) is 0 Å². The summed E-state index contributed by atoms with van der Waals surface area (Å²) in [7, 11) is 0. The fraction of sp³-hybridized carbons (Fsp3) is 0.600. The average Bonchev–Trinajstić information content (AvgIpc) is 3.53. The Morgan fingerprint density at radius 2 is 1.85 bits per heavy atom. The predicted molar refractivity (Wildman–Crippen MR) is 165 cm³/mol. The van der Waals surface area contributed by atoms with Gasteiger partial charge in [0.25, 0.3) is 5.91 Å². The van der Waals surface area contributed by atoms with Gasteiger partial charge in [0.05, 0.1) is 17.6 Å². The smallest absolute Gasteiger partial charge is 0.254 e. The van der Waals surface area contributed by atoms with E-state index < -0.39 is 0 Å². The van der Waals surface area contributed by atoms with E-state index in [1.807, 2.05) is 6.07 Å². The van der Waals surface area contributed by atoms with Crippen molar-refractivity contribution in [2.24, 2.45) is 17.3 Å². The third-order valence-corrected chi connectivity index (χ3v) is 9.03. The van der Waals surface area contributed by atoms with Crippen LogP contribution in [0.1, 0.15) is 107 Å². The maximum Gasteiger partial charge on any atom is 0.254 e. The average molecular weight is 543 g/mol. The number of rotatable bonds is 9. The molecule has 0 N–H and O–H groups in total. The summed E-state index contributed by atoms with van der Waals surface area (Å²) in [6.45, 7) is 16.1. The number of fused-ring (bicyclic) bond motifs is 1. The number of hydrogen-bond acceptors (Lipinski definition) is 3. The minimum atomic E-state index is 0.123. The van der Waals surface area contributed by atoms with E-state index in [-0.39, 0.29) is 5.91 Å². The molecule has 5 nitrogen and oxygen atoms in total. The van der Waals surface area contributed by atoms with Crippen molar-refractivity contribution in [1.29, 1.82) is 0 Å². The van der Waals surface area contributed by atoms with Crippen LogP contribution in [-0.2, 0) is 13.1 Å². The summed E-state index contributed by atoms with van der Waals surface area (Å²) in [5.74, 6) is 2.44. The molecule has 1 amide bonds. The summed E-state index contributed by atoms with van der Waals surface area (Å²) in [6.07, 6.45) is 8.43. The monoisotopic (exact) mass is 542 g/mol. The topological polar surface area (TPSA) is 41.4 Å². The summed E-state index contributed by atoms with van der Waals surface area (Å²) in [6, 6.07) is 17.4. The standard InChI is InChI=1S/C35H50N4O/c1-26(2)17-20-38(24-33-36-31-15-8-9-16-32(31)39(33)30-13-6-7-14-30)34(40)29-12-10-11-28(21-29)23-37-19-18-27(3)22-35(4,5)25-37/h8-12,15-16,21,26-27,30H,6-7,13-14,17-20,22-25H2,1-5H3. The Bertz CT molecular complexity index is 1290. The summed E-state index contributed by atoms with van der Waals surface area (Å²) in [5, 5.41) is 0. The van der Waals surface area contributed by atoms with Gasteiger partial charge in [0.1, 0.15) is 5.82 Å². The number of benzene rings is 2. The molecule has 1 aliphatic heterocycles. The number of imidazole rings is 1. The molecule has 1 saturated carbocycles. The quantitative estimate of drug-likeness (QED) is 0.274. The van der Waals surface area contributed by atoms with Gasteiger partial charge >= 0.3 is 0 Å². The summed E-state index contributed by atoms with van der Waals surface area (Å²) < 4.78 is 2.45. The van der Waals surface area contributed by atoms with Crippen LogP contribution in [0.25, 0.3) is 11.0 Å². The SMILES string of the molecule is CC(C)CCN(Cc1nc2ccccc2n1C1CCCC1)C(=O)c1cccc(CN2CCC(C)CC(C)(C)C2)c1. The molecule has 1 aromatic heterocycles. The maximum atomic E-state index is 14.1. The van der Waals surface area contributed by atoms with Crippen LogP contribution >= 0.6 is 0 Å². The van der Waals surface area contributed by atoms with Gasteiger partial charge in [-0.05, 0) is 85.7 Å². The first-order valence-corrected chi connectivity index (χ1v) is 15.7. The second-order valence-electron chi connectivity index (χ2n) is 13.9.